The van der Waals surface area contributed by atoms with Gasteiger partial charge in [-0.05, 0) is 23.3 Å². The van der Waals surface area contributed by atoms with Crippen LogP contribution in [0.1, 0.15) is 0 Å². The summed E-state index contributed by atoms with van der Waals surface area (Å²) in [6.45, 7) is 0. The molecule has 0 heterocycles. The zero-order chi connectivity index (χ0) is 14.8. The van der Waals surface area contributed by atoms with Crippen LogP contribution in [0.4, 0.5) is 0 Å². The van der Waals surface area contributed by atoms with E-state index in [9.17, 15) is 4.21 Å². The van der Waals surface area contributed by atoms with Gasteiger partial charge in [0.1, 0.15) is 5.75 Å². The fourth-order valence-electron chi connectivity index (χ4n) is 1.79. The number of para-hydroxylation sites is 1. The zero-order valence-electron chi connectivity index (χ0n) is 11.4. The van der Waals surface area contributed by atoms with Crippen molar-refractivity contribution in [2.24, 2.45) is 0 Å². The fourth-order valence-corrected chi connectivity index (χ4v) is 1.99. The molecule has 4 heteroatoms. The summed E-state index contributed by atoms with van der Waals surface area (Å²) in [5, 5.41) is 0. The number of benzene rings is 3. The minimum absolute atomic E-state index is 0. The van der Waals surface area contributed by atoms with Crippen molar-refractivity contribution in [1.82, 2.24) is 0 Å². The molecule has 0 bridgehead atoms. The van der Waals surface area contributed by atoms with Crippen LogP contribution in [0, 0.1) is 0 Å². The van der Waals surface area contributed by atoms with Gasteiger partial charge in [0.15, 0.2) is 11.9 Å². The van der Waals surface area contributed by atoms with E-state index in [4.69, 9.17) is 0 Å². The molecule has 0 atom stereocenters. The van der Waals surface area contributed by atoms with Gasteiger partial charge in [-0.1, -0.05) is 78.9 Å². The largest absolute Gasteiger partial charge is 0.0622 e. The third-order valence-electron chi connectivity index (χ3n) is 2.77. The summed E-state index contributed by atoms with van der Waals surface area (Å²) in [4.78, 5) is 0. The first-order valence-corrected chi connectivity index (χ1v) is 7.28. The molecule has 3 aromatic rings. The van der Waals surface area contributed by atoms with Gasteiger partial charge in [0.05, 0.1) is 0 Å². The monoisotopic (exact) mass is 320 g/mol. The van der Waals surface area contributed by atoms with E-state index in [0.29, 0.717) is 5.75 Å². The molecule has 0 radical (unpaired) electrons. The van der Waals surface area contributed by atoms with E-state index < -0.39 is 0 Å². The molecule has 0 spiro atoms. The first kappa shape index (κ1) is 18.7. The summed E-state index contributed by atoms with van der Waals surface area (Å²) < 4.78 is 14.5. The Morgan fingerprint density at radius 2 is 0.955 bits per heavy atom. The Bertz CT molecular complexity index is 608. The molecule has 3 rings (SSSR count). The van der Waals surface area contributed by atoms with E-state index in [2.05, 4.69) is 52.7 Å². The molecular weight excluding hydrogens is 303 g/mol. The molecule has 108 valence electrons. The van der Waals surface area contributed by atoms with Gasteiger partial charge in [-0.2, -0.15) is 0 Å². The number of hydrogen-bond acceptors (Lipinski definition) is 2. The van der Waals surface area contributed by atoms with Crippen LogP contribution < -0.4 is 4.18 Å². The summed E-state index contributed by atoms with van der Waals surface area (Å²) >= 11 is -0.305. The molecule has 0 unspecified atom stereocenters. The van der Waals surface area contributed by atoms with Gasteiger partial charge in [-0.15, -0.1) is 0 Å². The van der Waals surface area contributed by atoms with Gasteiger partial charge < -0.3 is 4.18 Å². The fraction of sp³-hybridized carbons (Fsp3) is 0. The van der Waals surface area contributed by atoms with Crippen molar-refractivity contribution in [3.8, 4) is 16.9 Å². The minimum atomic E-state index is -0.305. The maximum atomic E-state index is 9.85. The van der Waals surface area contributed by atoms with Crippen LogP contribution in [0.15, 0.2) is 91.0 Å². The van der Waals surface area contributed by atoms with Crippen LogP contribution in [-0.2, 0) is 11.9 Å². The summed E-state index contributed by atoms with van der Waals surface area (Å²) in [6, 6.07) is 29.8. The molecule has 0 aliphatic rings. The second-order valence-electron chi connectivity index (χ2n) is 4.21. The molecule has 0 amide bonds. The van der Waals surface area contributed by atoms with Gasteiger partial charge in [0, 0.05) is 0 Å². The van der Waals surface area contributed by atoms with Crippen molar-refractivity contribution < 1.29 is 8.39 Å². The minimum Gasteiger partial charge on any atom is -0.0622 e. The molecule has 2 nitrogen and oxygen atoms in total. The van der Waals surface area contributed by atoms with Crippen molar-refractivity contribution in [1.29, 1.82) is 0 Å². The Hall–Kier alpha value is -1.39. The number of hydrogen-bond donors (Lipinski definition) is 1. The summed E-state index contributed by atoms with van der Waals surface area (Å²) in [6.07, 6.45) is 0. The Morgan fingerprint density at radius 1 is 0.591 bits per heavy atom. The normalized spacial score (nSPS) is 8.91. The van der Waals surface area contributed by atoms with E-state index in [0.717, 1.165) is 0 Å². The van der Waals surface area contributed by atoms with Crippen LogP contribution in [0.25, 0.3) is 11.1 Å². The predicted octanol–water partition coefficient (Wildman–Crippen LogP) is 3.63. The van der Waals surface area contributed by atoms with Crippen molar-refractivity contribution in [3.05, 3.63) is 91.0 Å². The molecule has 0 aliphatic carbocycles. The SMILES string of the molecule is O=[SH]Oc1ccccc1.[NaH].c1ccc(-c2ccccc2)cc1. The van der Waals surface area contributed by atoms with E-state index >= 15 is 0 Å². The zero-order valence-corrected chi connectivity index (χ0v) is 12.3. The molecule has 0 N–H and O–H groups in total. The average Bonchev–Trinajstić information content (AvgIpc) is 2.58. The smallest absolute Gasteiger partial charge is 0.0184 e. The topological polar surface area (TPSA) is 26.3 Å². The number of thiol groups is 1. The molecule has 0 aromatic heterocycles. The summed E-state index contributed by atoms with van der Waals surface area (Å²) in [5.41, 5.74) is 2.55. The quantitative estimate of drug-likeness (QED) is 0.589. The van der Waals surface area contributed by atoms with Gasteiger partial charge >= 0.3 is 29.6 Å². The second kappa shape index (κ2) is 11.2. The van der Waals surface area contributed by atoms with Crippen LogP contribution >= 0.6 is 0 Å². The maximum Gasteiger partial charge on any atom is -0.0184 e. The summed E-state index contributed by atoms with van der Waals surface area (Å²) in [5.74, 6) is 0.620. The second-order valence-corrected chi connectivity index (χ2v) is 4.54. The van der Waals surface area contributed by atoms with E-state index in [-0.39, 0.29) is 41.5 Å². The van der Waals surface area contributed by atoms with Gasteiger partial charge in [0.2, 0.25) is 0 Å². The van der Waals surface area contributed by atoms with Crippen LogP contribution in [0.3, 0.4) is 0 Å². The van der Waals surface area contributed by atoms with E-state index in [1.54, 1.807) is 12.1 Å². The van der Waals surface area contributed by atoms with Gasteiger partial charge in [0.25, 0.3) is 0 Å². The molecule has 3 aromatic carbocycles. The van der Waals surface area contributed by atoms with Crippen molar-refractivity contribution in [2.45, 2.75) is 0 Å². The maximum absolute atomic E-state index is 9.85. The Morgan fingerprint density at radius 3 is 1.32 bits per heavy atom. The van der Waals surface area contributed by atoms with Crippen molar-refractivity contribution in [3.63, 3.8) is 0 Å². The molecular formula is C18H17NaO2S. The Kier molecular flexibility index (Phi) is 9.51. The third kappa shape index (κ3) is 6.58. The van der Waals surface area contributed by atoms with Crippen LogP contribution in [0.5, 0.6) is 5.75 Å². The van der Waals surface area contributed by atoms with Crippen LogP contribution in [-0.4, -0.2) is 33.8 Å². The third-order valence-corrected chi connectivity index (χ3v) is 3.05. The Labute approximate surface area is 157 Å². The van der Waals surface area contributed by atoms with Gasteiger partial charge in [-0.3, -0.25) is 0 Å². The first-order chi connectivity index (χ1) is 10.4. The van der Waals surface area contributed by atoms with Crippen molar-refractivity contribution >= 4 is 41.5 Å². The van der Waals surface area contributed by atoms with E-state index in [1.165, 1.54) is 11.1 Å². The number of rotatable bonds is 3. The first-order valence-electron chi connectivity index (χ1n) is 6.55. The molecule has 0 saturated carbocycles. The predicted molar refractivity (Wildman–Crippen MR) is 95.6 cm³/mol. The molecule has 22 heavy (non-hydrogen) atoms. The summed E-state index contributed by atoms with van der Waals surface area (Å²) in [7, 11) is 0. The van der Waals surface area contributed by atoms with Crippen LogP contribution in [0.2, 0.25) is 0 Å². The Balaban J connectivity index is 0.000000219. The molecule has 0 saturated heterocycles. The van der Waals surface area contributed by atoms with E-state index in [1.807, 2.05) is 30.3 Å². The van der Waals surface area contributed by atoms with Gasteiger partial charge in [-0.25, -0.2) is 4.21 Å². The molecule has 0 fully saturated rings. The molecule has 0 aliphatic heterocycles. The van der Waals surface area contributed by atoms with Crippen molar-refractivity contribution in [2.75, 3.05) is 0 Å². The average molecular weight is 320 g/mol. The standard InChI is InChI=1S/C12H10.C6H6O2S.Na.H/c1-3-7-11(8-4-1)12-9-5-2-6-10-12;7-9-8-6-4-2-1-3-5-6;;/h1-10H;1-5,9H;;.